The minimum atomic E-state index is -0.395. The quantitative estimate of drug-likeness (QED) is 0.680. The summed E-state index contributed by atoms with van der Waals surface area (Å²) in [5.74, 6) is -0.0543. The van der Waals surface area contributed by atoms with Crippen molar-refractivity contribution < 1.29 is 14.3 Å². The van der Waals surface area contributed by atoms with Gasteiger partial charge in [0, 0.05) is 12.3 Å². The lowest BCUT2D eigenvalue weighted by molar-refractivity contribution is -0.116. The maximum atomic E-state index is 11.6. The average Bonchev–Trinajstić information content (AvgIpc) is 2.85. The number of rotatable bonds is 5. The van der Waals surface area contributed by atoms with Crippen LogP contribution in [-0.4, -0.2) is 29.9 Å². The van der Waals surface area contributed by atoms with Crippen molar-refractivity contribution in [2.45, 2.75) is 12.8 Å². The summed E-state index contributed by atoms with van der Waals surface area (Å²) in [6, 6.07) is 5.08. The van der Waals surface area contributed by atoms with Crippen LogP contribution in [0, 0.1) is 0 Å². The number of anilines is 1. The highest BCUT2D eigenvalue weighted by molar-refractivity contribution is 7.22. The summed E-state index contributed by atoms with van der Waals surface area (Å²) < 4.78 is 5.48. The maximum absolute atomic E-state index is 11.6. The molecule has 0 unspecified atom stereocenters. The highest BCUT2D eigenvalue weighted by Crippen LogP contribution is 2.27. The van der Waals surface area contributed by atoms with Crippen LogP contribution in [0.4, 0.5) is 5.13 Å². The van der Waals surface area contributed by atoms with Crippen LogP contribution in [-0.2, 0) is 9.53 Å². The number of ether oxygens (including phenoxy) is 1. The third kappa shape index (κ3) is 3.46. The second kappa shape index (κ2) is 6.67. The normalized spacial score (nSPS) is 10.5. The highest BCUT2D eigenvalue weighted by atomic mass is 35.5. The van der Waals surface area contributed by atoms with Crippen LogP contribution in [0.15, 0.2) is 18.2 Å². The number of fused-ring (bicyclic) bond motifs is 1. The summed E-state index contributed by atoms with van der Waals surface area (Å²) in [6.07, 6.45) is 0.998. The molecule has 0 spiro atoms. The summed E-state index contributed by atoms with van der Waals surface area (Å²) in [7, 11) is 1.34. The molecule has 1 N–H and O–H groups in total. The van der Waals surface area contributed by atoms with E-state index in [-0.39, 0.29) is 5.91 Å². The number of amides is 1. The van der Waals surface area contributed by atoms with E-state index >= 15 is 0 Å². The predicted octanol–water partition coefficient (Wildman–Crippen LogP) is 3.04. The van der Waals surface area contributed by atoms with Crippen LogP contribution < -0.4 is 5.32 Å². The van der Waals surface area contributed by atoms with Gasteiger partial charge in [0.2, 0.25) is 5.91 Å². The largest absolute Gasteiger partial charge is 0.465 e. The fraction of sp³-hybridized carbons (Fsp3) is 0.308. The number of methoxy groups -OCH3 is 1. The summed E-state index contributed by atoms with van der Waals surface area (Å²) in [5, 5.41) is 3.24. The van der Waals surface area contributed by atoms with Gasteiger partial charge in [-0.25, -0.2) is 9.78 Å². The van der Waals surface area contributed by atoms with Crippen molar-refractivity contribution in [3.63, 3.8) is 0 Å². The van der Waals surface area contributed by atoms with Crippen molar-refractivity contribution in [1.82, 2.24) is 4.98 Å². The number of aromatic nitrogens is 1. The van der Waals surface area contributed by atoms with E-state index in [9.17, 15) is 9.59 Å². The number of benzene rings is 1. The molecule has 1 aromatic carbocycles. The number of nitrogens with one attached hydrogen (secondary N) is 1. The summed E-state index contributed by atoms with van der Waals surface area (Å²) in [4.78, 5) is 27.3. The molecule has 20 heavy (non-hydrogen) atoms. The maximum Gasteiger partial charge on any atom is 0.337 e. The number of halogens is 1. The van der Waals surface area contributed by atoms with Gasteiger partial charge in [-0.1, -0.05) is 11.3 Å². The lowest BCUT2D eigenvalue weighted by Gasteiger charge is -1.98. The molecule has 7 heteroatoms. The zero-order chi connectivity index (χ0) is 14.5. The first-order chi connectivity index (χ1) is 9.63. The van der Waals surface area contributed by atoms with E-state index in [2.05, 4.69) is 15.0 Å². The molecule has 0 saturated heterocycles. The lowest BCUT2D eigenvalue weighted by atomic mass is 10.2. The SMILES string of the molecule is COC(=O)c1ccc2nc(NC(=O)CCCCl)sc2c1. The fourth-order valence-electron chi connectivity index (χ4n) is 1.63. The molecule has 0 fully saturated rings. The monoisotopic (exact) mass is 312 g/mol. The highest BCUT2D eigenvalue weighted by Gasteiger charge is 2.11. The van der Waals surface area contributed by atoms with E-state index in [0.717, 1.165) is 10.2 Å². The lowest BCUT2D eigenvalue weighted by Crippen LogP contribution is -2.10. The Morgan fingerprint density at radius 2 is 2.25 bits per heavy atom. The molecule has 106 valence electrons. The van der Waals surface area contributed by atoms with Crippen LogP contribution in [0.1, 0.15) is 23.2 Å². The number of alkyl halides is 1. The summed E-state index contributed by atoms with van der Waals surface area (Å²) >= 11 is 6.85. The molecule has 1 aromatic heterocycles. The molecule has 5 nitrogen and oxygen atoms in total. The first-order valence-corrected chi connectivity index (χ1v) is 7.34. The van der Waals surface area contributed by atoms with E-state index in [1.807, 2.05) is 0 Å². The van der Waals surface area contributed by atoms with Gasteiger partial charge in [0.15, 0.2) is 5.13 Å². The third-order valence-corrected chi connectivity index (χ3v) is 3.79. The van der Waals surface area contributed by atoms with Crippen molar-refractivity contribution in [2.24, 2.45) is 0 Å². The standard InChI is InChI=1S/C13H13ClN2O3S/c1-19-12(18)8-4-5-9-10(7-8)20-13(15-9)16-11(17)3-2-6-14/h4-5,7H,2-3,6H2,1H3,(H,15,16,17). The van der Waals surface area contributed by atoms with Crippen LogP contribution in [0.2, 0.25) is 0 Å². The second-order valence-corrected chi connectivity index (χ2v) is 5.44. The Labute approximate surface area is 124 Å². The van der Waals surface area contributed by atoms with Gasteiger partial charge in [-0.05, 0) is 24.6 Å². The van der Waals surface area contributed by atoms with Crippen LogP contribution in [0.3, 0.4) is 0 Å². The molecule has 2 aromatic rings. The topological polar surface area (TPSA) is 68.3 Å². The summed E-state index contributed by atoms with van der Waals surface area (Å²) in [5.41, 5.74) is 1.19. The zero-order valence-corrected chi connectivity index (χ0v) is 12.4. The Bertz CT molecular complexity index is 642. The molecular formula is C13H13ClN2O3S. The Hall–Kier alpha value is -1.66. The Balaban J connectivity index is 2.16. The van der Waals surface area contributed by atoms with Gasteiger partial charge >= 0.3 is 5.97 Å². The molecule has 1 amide bonds. The summed E-state index contributed by atoms with van der Waals surface area (Å²) in [6.45, 7) is 0. The number of carbonyl (C=O) groups excluding carboxylic acids is 2. The molecule has 0 aliphatic rings. The van der Waals surface area contributed by atoms with E-state index < -0.39 is 5.97 Å². The molecular weight excluding hydrogens is 300 g/mol. The second-order valence-electron chi connectivity index (χ2n) is 4.03. The Morgan fingerprint density at radius 1 is 1.45 bits per heavy atom. The molecule has 0 aliphatic carbocycles. The molecule has 2 rings (SSSR count). The van der Waals surface area contributed by atoms with Crippen molar-refractivity contribution in [1.29, 1.82) is 0 Å². The Morgan fingerprint density at radius 3 is 2.95 bits per heavy atom. The van der Waals surface area contributed by atoms with Gasteiger partial charge < -0.3 is 10.1 Å². The van der Waals surface area contributed by atoms with E-state index in [1.54, 1.807) is 18.2 Å². The Kier molecular flexibility index (Phi) is 4.92. The molecule has 0 saturated carbocycles. The predicted molar refractivity (Wildman–Crippen MR) is 79.5 cm³/mol. The fourth-order valence-corrected chi connectivity index (χ4v) is 2.69. The number of thiazole rings is 1. The minimum absolute atomic E-state index is 0.113. The van der Waals surface area contributed by atoms with E-state index in [1.165, 1.54) is 18.4 Å². The van der Waals surface area contributed by atoms with E-state index in [0.29, 0.717) is 29.4 Å². The number of nitrogens with zero attached hydrogens (tertiary/aromatic N) is 1. The molecule has 0 bridgehead atoms. The van der Waals surface area contributed by atoms with Gasteiger partial charge in [-0.2, -0.15) is 0 Å². The van der Waals surface area contributed by atoms with Crippen molar-refractivity contribution in [2.75, 3.05) is 18.3 Å². The van der Waals surface area contributed by atoms with Crippen molar-refractivity contribution in [3.8, 4) is 0 Å². The molecule has 0 radical (unpaired) electrons. The van der Waals surface area contributed by atoms with Crippen LogP contribution in [0.25, 0.3) is 10.2 Å². The number of esters is 1. The number of hydrogen-bond acceptors (Lipinski definition) is 5. The average molecular weight is 313 g/mol. The first kappa shape index (κ1) is 14.7. The number of hydrogen-bond donors (Lipinski definition) is 1. The molecule has 0 atom stereocenters. The van der Waals surface area contributed by atoms with Gasteiger partial charge in [0.1, 0.15) is 0 Å². The van der Waals surface area contributed by atoms with Gasteiger partial charge in [-0.15, -0.1) is 11.6 Å². The van der Waals surface area contributed by atoms with Gasteiger partial charge in [0.25, 0.3) is 0 Å². The van der Waals surface area contributed by atoms with Gasteiger partial charge in [-0.3, -0.25) is 4.79 Å². The van der Waals surface area contributed by atoms with Crippen molar-refractivity contribution in [3.05, 3.63) is 23.8 Å². The first-order valence-electron chi connectivity index (χ1n) is 5.98. The van der Waals surface area contributed by atoms with Crippen molar-refractivity contribution >= 4 is 50.2 Å². The number of carbonyl (C=O) groups is 2. The molecule has 1 heterocycles. The van der Waals surface area contributed by atoms with Crippen LogP contribution in [0.5, 0.6) is 0 Å². The van der Waals surface area contributed by atoms with Gasteiger partial charge in [0.05, 0.1) is 22.9 Å². The minimum Gasteiger partial charge on any atom is -0.465 e. The zero-order valence-electron chi connectivity index (χ0n) is 10.8. The van der Waals surface area contributed by atoms with Crippen LogP contribution >= 0.6 is 22.9 Å². The smallest absolute Gasteiger partial charge is 0.337 e. The van der Waals surface area contributed by atoms with E-state index in [4.69, 9.17) is 11.6 Å². The third-order valence-electron chi connectivity index (χ3n) is 2.59. The molecule has 0 aliphatic heterocycles.